The summed E-state index contributed by atoms with van der Waals surface area (Å²) >= 11 is 0. The highest BCUT2D eigenvalue weighted by molar-refractivity contribution is 4.60. The van der Waals surface area contributed by atoms with E-state index in [0.29, 0.717) is 5.41 Å². The minimum atomic E-state index is 0.486. The molecule has 0 aliphatic carbocycles. The van der Waals surface area contributed by atoms with Crippen LogP contribution in [0.1, 0.15) is 72.6 Å². The third-order valence-electron chi connectivity index (χ3n) is 2.57. The van der Waals surface area contributed by atoms with Crippen LogP contribution in [-0.2, 0) is 9.78 Å². The summed E-state index contributed by atoms with van der Waals surface area (Å²) in [5, 5.41) is 0. The normalized spacial score (nSPS) is 12.0. The van der Waals surface area contributed by atoms with E-state index in [1.165, 1.54) is 25.7 Å². The van der Waals surface area contributed by atoms with Gasteiger partial charge in [-0.1, -0.05) is 53.4 Å². The second kappa shape index (κ2) is 10.1. The highest BCUT2D eigenvalue weighted by Gasteiger charge is 2.08. The quantitative estimate of drug-likeness (QED) is 0.307. The largest absolute Gasteiger partial charge is 0.237 e. The Morgan fingerprint density at radius 3 is 1.88 bits per heavy atom. The summed E-state index contributed by atoms with van der Waals surface area (Å²) in [6.07, 6.45) is 8.60. The van der Waals surface area contributed by atoms with E-state index in [9.17, 15) is 0 Å². The second-order valence-electron chi connectivity index (χ2n) is 5.72. The molecule has 2 nitrogen and oxygen atoms in total. The molecule has 0 aromatic rings. The molecule has 0 atom stereocenters. The average molecular weight is 230 g/mol. The van der Waals surface area contributed by atoms with Gasteiger partial charge in [0, 0.05) is 0 Å². The maximum atomic E-state index is 5.08. The third-order valence-corrected chi connectivity index (χ3v) is 2.57. The SMILES string of the molecule is CCCCOOCCCCCCC(C)(C)C. The van der Waals surface area contributed by atoms with E-state index in [-0.39, 0.29) is 0 Å². The number of rotatable bonds is 10. The first-order valence-electron chi connectivity index (χ1n) is 6.80. The molecule has 0 rings (SSSR count). The van der Waals surface area contributed by atoms with Crippen molar-refractivity contribution in [2.75, 3.05) is 13.2 Å². The zero-order valence-corrected chi connectivity index (χ0v) is 11.7. The second-order valence-corrected chi connectivity index (χ2v) is 5.72. The average Bonchev–Trinajstić information content (AvgIpc) is 2.19. The summed E-state index contributed by atoms with van der Waals surface area (Å²) in [5.41, 5.74) is 0.486. The van der Waals surface area contributed by atoms with Gasteiger partial charge in [-0.25, -0.2) is 9.78 Å². The van der Waals surface area contributed by atoms with Gasteiger partial charge in [0.05, 0.1) is 13.2 Å². The summed E-state index contributed by atoms with van der Waals surface area (Å²) in [6, 6.07) is 0. The van der Waals surface area contributed by atoms with Gasteiger partial charge in [0.2, 0.25) is 0 Å². The molecule has 0 unspecified atom stereocenters. The van der Waals surface area contributed by atoms with Gasteiger partial charge >= 0.3 is 0 Å². The van der Waals surface area contributed by atoms with E-state index < -0.39 is 0 Å². The lowest BCUT2D eigenvalue weighted by molar-refractivity contribution is -0.295. The van der Waals surface area contributed by atoms with Crippen LogP contribution < -0.4 is 0 Å². The van der Waals surface area contributed by atoms with Gasteiger partial charge in [0.1, 0.15) is 0 Å². The fourth-order valence-electron chi connectivity index (χ4n) is 1.49. The summed E-state index contributed by atoms with van der Waals surface area (Å²) in [4.78, 5) is 10.1. The van der Waals surface area contributed by atoms with Crippen molar-refractivity contribution in [3.8, 4) is 0 Å². The van der Waals surface area contributed by atoms with Gasteiger partial charge in [-0.3, -0.25) is 0 Å². The molecular weight excluding hydrogens is 200 g/mol. The summed E-state index contributed by atoms with van der Waals surface area (Å²) in [6.45, 7) is 10.5. The lowest BCUT2D eigenvalue weighted by Gasteiger charge is -2.17. The van der Waals surface area contributed by atoms with Crippen molar-refractivity contribution >= 4 is 0 Å². The molecule has 0 aromatic carbocycles. The number of hydrogen-bond donors (Lipinski definition) is 0. The van der Waals surface area contributed by atoms with Crippen LogP contribution in [0.2, 0.25) is 0 Å². The zero-order valence-electron chi connectivity index (χ0n) is 11.7. The Labute approximate surface area is 102 Å². The molecule has 0 amide bonds. The van der Waals surface area contributed by atoms with Gasteiger partial charge in [-0.05, 0) is 24.7 Å². The molecule has 0 aliphatic heterocycles. The maximum absolute atomic E-state index is 5.08. The monoisotopic (exact) mass is 230 g/mol. The Morgan fingerprint density at radius 2 is 1.31 bits per heavy atom. The van der Waals surface area contributed by atoms with Crippen molar-refractivity contribution < 1.29 is 9.78 Å². The lowest BCUT2D eigenvalue weighted by atomic mass is 9.89. The van der Waals surface area contributed by atoms with Gasteiger partial charge < -0.3 is 0 Å². The first-order valence-corrected chi connectivity index (χ1v) is 6.80. The van der Waals surface area contributed by atoms with Crippen LogP contribution in [0.4, 0.5) is 0 Å². The van der Waals surface area contributed by atoms with E-state index in [1.54, 1.807) is 0 Å². The van der Waals surface area contributed by atoms with Crippen molar-refractivity contribution in [3.63, 3.8) is 0 Å². The van der Waals surface area contributed by atoms with Crippen LogP contribution >= 0.6 is 0 Å². The van der Waals surface area contributed by atoms with Crippen LogP contribution in [0.5, 0.6) is 0 Å². The maximum Gasteiger partial charge on any atom is 0.0822 e. The van der Waals surface area contributed by atoms with Crippen molar-refractivity contribution in [1.82, 2.24) is 0 Å². The van der Waals surface area contributed by atoms with Gasteiger partial charge in [-0.15, -0.1) is 0 Å². The summed E-state index contributed by atoms with van der Waals surface area (Å²) < 4.78 is 0. The van der Waals surface area contributed by atoms with Crippen LogP contribution in [-0.4, -0.2) is 13.2 Å². The molecule has 0 heterocycles. The first kappa shape index (κ1) is 15.9. The van der Waals surface area contributed by atoms with Crippen LogP contribution in [0.3, 0.4) is 0 Å². The molecule has 0 radical (unpaired) electrons. The third kappa shape index (κ3) is 13.9. The van der Waals surface area contributed by atoms with Gasteiger partial charge in [-0.2, -0.15) is 0 Å². The zero-order chi connectivity index (χ0) is 12.3. The Morgan fingerprint density at radius 1 is 0.750 bits per heavy atom. The fourth-order valence-corrected chi connectivity index (χ4v) is 1.49. The van der Waals surface area contributed by atoms with E-state index in [1.807, 2.05) is 0 Å². The molecule has 2 heteroatoms. The van der Waals surface area contributed by atoms with E-state index >= 15 is 0 Å². The van der Waals surface area contributed by atoms with Crippen LogP contribution in [0.15, 0.2) is 0 Å². The minimum absolute atomic E-state index is 0.486. The molecule has 0 bridgehead atoms. The Bertz CT molecular complexity index is 138. The predicted molar refractivity (Wildman–Crippen MR) is 69.4 cm³/mol. The topological polar surface area (TPSA) is 18.5 Å². The summed E-state index contributed by atoms with van der Waals surface area (Å²) in [7, 11) is 0. The summed E-state index contributed by atoms with van der Waals surface area (Å²) in [5.74, 6) is 0. The van der Waals surface area contributed by atoms with E-state index in [0.717, 1.165) is 32.5 Å². The molecule has 0 spiro atoms. The highest BCUT2D eigenvalue weighted by atomic mass is 17.2. The predicted octanol–water partition coefficient (Wildman–Crippen LogP) is 4.73. The smallest absolute Gasteiger partial charge is 0.0822 e. The van der Waals surface area contributed by atoms with Crippen molar-refractivity contribution in [1.29, 1.82) is 0 Å². The molecule has 0 N–H and O–H groups in total. The molecule has 0 saturated carbocycles. The van der Waals surface area contributed by atoms with Crippen molar-refractivity contribution in [2.24, 2.45) is 5.41 Å². The number of hydrogen-bond acceptors (Lipinski definition) is 2. The standard InChI is InChI=1S/C14H30O2/c1-5-6-12-15-16-13-10-8-7-9-11-14(2,3)4/h5-13H2,1-4H3. The Hall–Kier alpha value is -0.0800. The Balaban J connectivity index is 2.99. The lowest BCUT2D eigenvalue weighted by Crippen LogP contribution is -2.04. The molecule has 0 saturated heterocycles. The van der Waals surface area contributed by atoms with Crippen molar-refractivity contribution in [3.05, 3.63) is 0 Å². The van der Waals surface area contributed by atoms with Gasteiger partial charge in [0.15, 0.2) is 0 Å². The van der Waals surface area contributed by atoms with Gasteiger partial charge in [0.25, 0.3) is 0 Å². The minimum Gasteiger partial charge on any atom is -0.237 e. The molecule has 0 aromatic heterocycles. The highest BCUT2D eigenvalue weighted by Crippen LogP contribution is 2.22. The van der Waals surface area contributed by atoms with Crippen LogP contribution in [0.25, 0.3) is 0 Å². The molecule has 98 valence electrons. The van der Waals surface area contributed by atoms with Crippen molar-refractivity contribution in [2.45, 2.75) is 72.6 Å². The Kier molecular flexibility index (Phi) is 10.0. The molecule has 0 fully saturated rings. The van der Waals surface area contributed by atoms with E-state index in [2.05, 4.69) is 27.7 Å². The van der Waals surface area contributed by atoms with E-state index in [4.69, 9.17) is 9.78 Å². The first-order chi connectivity index (χ1) is 7.56. The molecular formula is C14H30O2. The van der Waals surface area contributed by atoms with Crippen LogP contribution in [0, 0.1) is 5.41 Å². The number of unbranched alkanes of at least 4 members (excludes halogenated alkanes) is 4. The molecule has 16 heavy (non-hydrogen) atoms. The fraction of sp³-hybridized carbons (Fsp3) is 1.00. The molecule has 0 aliphatic rings.